The van der Waals surface area contributed by atoms with Crippen LogP contribution in [0.1, 0.15) is 40.5 Å². The molecule has 0 bridgehead atoms. The fourth-order valence-corrected chi connectivity index (χ4v) is 4.04. The molecule has 0 aliphatic heterocycles. The fraction of sp³-hybridized carbons (Fsp3) is 0.467. The molecule has 2 heteroatoms. The lowest BCUT2D eigenvalue weighted by Crippen LogP contribution is -2.19. The van der Waals surface area contributed by atoms with Gasteiger partial charge in [0.25, 0.3) is 0 Å². The van der Waals surface area contributed by atoms with Crippen molar-refractivity contribution in [3.63, 3.8) is 0 Å². The molecule has 0 saturated carbocycles. The highest BCUT2D eigenvalue weighted by atomic mass is 35.5. The van der Waals surface area contributed by atoms with E-state index >= 15 is 0 Å². The Morgan fingerprint density at radius 3 is 1.47 bits per heavy atom. The highest BCUT2D eigenvalue weighted by Crippen LogP contribution is 2.50. The Morgan fingerprint density at radius 1 is 0.882 bits per heavy atom. The maximum absolute atomic E-state index is 6.37. The molecule has 0 amide bonds. The Bertz CT molecular complexity index is 441. The van der Waals surface area contributed by atoms with Gasteiger partial charge in [0.1, 0.15) is 0 Å². The summed E-state index contributed by atoms with van der Waals surface area (Å²) >= 11 is 12.7. The van der Waals surface area contributed by atoms with E-state index in [1.807, 2.05) is 0 Å². The van der Waals surface area contributed by atoms with Gasteiger partial charge in [-0.15, -0.1) is 0 Å². The molecule has 2 rings (SSSR count). The first kappa shape index (κ1) is 13.0. The van der Waals surface area contributed by atoms with Gasteiger partial charge in [-0.2, -0.15) is 0 Å². The predicted molar refractivity (Wildman–Crippen MR) is 76.3 cm³/mol. The lowest BCUT2D eigenvalue weighted by Gasteiger charge is -2.31. The van der Waals surface area contributed by atoms with Crippen molar-refractivity contribution in [1.82, 2.24) is 0 Å². The van der Waals surface area contributed by atoms with E-state index in [9.17, 15) is 0 Å². The summed E-state index contributed by atoms with van der Waals surface area (Å²) < 4.78 is 0. The van der Waals surface area contributed by atoms with Gasteiger partial charge in [-0.1, -0.05) is 49.2 Å². The van der Waals surface area contributed by atoms with Crippen LogP contribution >= 0.6 is 23.2 Å². The highest BCUT2D eigenvalue weighted by molar-refractivity contribution is 6.31. The van der Waals surface area contributed by atoms with Crippen molar-refractivity contribution in [2.24, 2.45) is 5.41 Å². The Labute approximate surface area is 114 Å². The minimum Gasteiger partial charge on any atom is -0.0885 e. The number of halogens is 2. The van der Waals surface area contributed by atoms with Crippen molar-refractivity contribution in [1.29, 1.82) is 0 Å². The summed E-state index contributed by atoms with van der Waals surface area (Å²) in [6.07, 6.45) is 6.11. The zero-order valence-electron chi connectivity index (χ0n) is 10.8. The molecule has 0 atom stereocenters. The first-order valence-electron chi connectivity index (χ1n) is 5.98. The van der Waals surface area contributed by atoms with Gasteiger partial charge in [-0.3, -0.25) is 0 Å². The van der Waals surface area contributed by atoms with Gasteiger partial charge in [-0.25, -0.2) is 0 Å². The summed E-state index contributed by atoms with van der Waals surface area (Å²) in [4.78, 5) is 0. The van der Waals surface area contributed by atoms with Crippen LogP contribution in [0.4, 0.5) is 0 Å². The van der Waals surface area contributed by atoms with Crippen LogP contribution in [-0.4, -0.2) is 0 Å². The van der Waals surface area contributed by atoms with Crippen molar-refractivity contribution in [3.8, 4) is 0 Å². The van der Waals surface area contributed by atoms with Crippen LogP contribution in [0.5, 0.6) is 0 Å². The number of hydrogen-bond acceptors (Lipinski definition) is 0. The fourth-order valence-electron chi connectivity index (χ4n) is 3.11. The van der Waals surface area contributed by atoms with E-state index in [-0.39, 0.29) is 5.41 Å². The third-order valence-corrected chi connectivity index (χ3v) is 4.44. The van der Waals surface area contributed by atoms with Crippen LogP contribution in [0.25, 0.3) is 0 Å². The summed E-state index contributed by atoms with van der Waals surface area (Å²) in [6, 6.07) is 0. The minimum atomic E-state index is -0.0949. The van der Waals surface area contributed by atoms with Gasteiger partial charge >= 0.3 is 0 Å². The molecule has 92 valence electrons. The zero-order chi connectivity index (χ0) is 12.8. The lowest BCUT2D eigenvalue weighted by molar-refractivity contribution is 0.551. The zero-order valence-corrected chi connectivity index (χ0v) is 12.3. The van der Waals surface area contributed by atoms with Crippen LogP contribution < -0.4 is 0 Å². The third kappa shape index (κ3) is 2.02. The summed E-state index contributed by atoms with van der Waals surface area (Å²) in [5.41, 5.74) is 4.99. The average Bonchev–Trinajstić information content (AvgIpc) is 2.71. The molecule has 0 spiro atoms. The Kier molecular flexibility index (Phi) is 3.31. The predicted octanol–water partition coefficient (Wildman–Crippen LogP) is 5.70. The molecule has 0 N–H and O–H groups in total. The number of allylic oxidation sites excluding steroid dienone is 8. The second-order valence-corrected chi connectivity index (χ2v) is 6.28. The molecule has 2 aliphatic carbocycles. The molecule has 0 heterocycles. The molecule has 0 unspecified atom stereocenters. The van der Waals surface area contributed by atoms with Crippen molar-refractivity contribution in [2.45, 2.75) is 40.5 Å². The quantitative estimate of drug-likeness (QED) is 0.603. The van der Waals surface area contributed by atoms with Gasteiger partial charge in [0, 0.05) is 28.3 Å². The Morgan fingerprint density at radius 2 is 1.24 bits per heavy atom. The van der Waals surface area contributed by atoms with Crippen LogP contribution in [0.3, 0.4) is 0 Å². The summed E-state index contributed by atoms with van der Waals surface area (Å²) in [7, 11) is 0. The SMILES string of the molecule is CC1=CCC(Cl)=C1C(C)(C)C1=C(Cl)CC=C1C. The van der Waals surface area contributed by atoms with Crippen molar-refractivity contribution in [2.75, 3.05) is 0 Å². The van der Waals surface area contributed by atoms with Gasteiger partial charge < -0.3 is 0 Å². The second-order valence-electron chi connectivity index (χ2n) is 5.37. The van der Waals surface area contributed by atoms with E-state index in [2.05, 4.69) is 39.8 Å². The van der Waals surface area contributed by atoms with Crippen LogP contribution in [0.2, 0.25) is 0 Å². The first-order chi connectivity index (χ1) is 7.85. The van der Waals surface area contributed by atoms with Crippen LogP contribution in [0.15, 0.2) is 44.5 Å². The molecule has 2 aliphatic rings. The molecule has 0 aromatic rings. The topological polar surface area (TPSA) is 0 Å². The monoisotopic (exact) mass is 268 g/mol. The van der Waals surface area contributed by atoms with E-state index in [1.165, 1.54) is 22.3 Å². The van der Waals surface area contributed by atoms with E-state index in [0.717, 1.165) is 22.9 Å². The van der Waals surface area contributed by atoms with Gasteiger partial charge in [0.15, 0.2) is 0 Å². The number of hydrogen-bond donors (Lipinski definition) is 0. The molecule has 0 nitrogen and oxygen atoms in total. The summed E-state index contributed by atoms with van der Waals surface area (Å²) in [5, 5.41) is 1.92. The van der Waals surface area contributed by atoms with Crippen LogP contribution in [0, 0.1) is 5.41 Å². The molecule has 0 radical (unpaired) electrons. The largest absolute Gasteiger partial charge is 0.0885 e. The second kappa shape index (κ2) is 4.33. The van der Waals surface area contributed by atoms with Crippen molar-refractivity contribution < 1.29 is 0 Å². The van der Waals surface area contributed by atoms with Crippen molar-refractivity contribution >= 4 is 23.2 Å². The van der Waals surface area contributed by atoms with Gasteiger partial charge in [0.05, 0.1) is 0 Å². The maximum Gasteiger partial charge on any atom is 0.0262 e. The molecule has 17 heavy (non-hydrogen) atoms. The molecule has 0 saturated heterocycles. The number of rotatable bonds is 2. The summed E-state index contributed by atoms with van der Waals surface area (Å²) in [5.74, 6) is 0. The molecule has 0 aromatic carbocycles. The molecule has 0 aromatic heterocycles. The Hall–Kier alpha value is -0.460. The lowest BCUT2D eigenvalue weighted by atomic mass is 9.73. The maximum atomic E-state index is 6.37. The van der Waals surface area contributed by atoms with E-state index in [4.69, 9.17) is 23.2 Å². The molecular formula is C15H18Cl2. The average molecular weight is 269 g/mol. The van der Waals surface area contributed by atoms with Crippen molar-refractivity contribution in [3.05, 3.63) is 44.5 Å². The molecular weight excluding hydrogens is 251 g/mol. The molecule has 0 fully saturated rings. The smallest absolute Gasteiger partial charge is 0.0262 e. The summed E-state index contributed by atoms with van der Waals surface area (Å²) in [6.45, 7) is 8.70. The standard InChI is InChI=1S/C15H18Cl2/c1-9-5-7-11(16)13(9)15(3,4)14-10(2)6-8-12(14)17/h5-6H,7-8H2,1-4H3. The van der Waals surface area contributed by atoms with E-state index < -0.39 is 0 Å². The van der Waals surface area contributed by atoms with E-state index in [1.54, 1.807) is 0 Å². The first-order valence-corrected chi connectivity index (χ1v) is 6.73. The minimum absolute atomic E-state index is 0.0949. The Balaban J connectivity index is 2.52. The van der Waals surface area contributed by atoms with Crippen LogP contribution in [-0.2, 0) is 0 Å². The van der Waals surface area contributed by atoms with E-state index in [0.29, 0.717) is 0 Å². The van der Waals surface area contributed by atoms with Gasteiger partial charge in [-0.05, 0) is 36.1 Å². The normalized spacial score (nSPS) is 21.3. The third-order valence-electron chi connectivity index (χ3n) is 3.76. The highest BCUT2D eigenvalue weighted by Gasteiger charge is 2.36. The van der Waals surface area contributed by atoms with Gasteiger partial charge in [0.2, 0.25) is 0 Å².